The average Bonchev–Trinajstić information content (AvgIpc) is 3.25. The molecule has 3 aromatic rings. The van der Waals surface area contributed by atoms with Crippen LogP contribution in [0.1, 0.15) is 10.5 Å². The summed E-state index contributed by atoms with van der Waals surface area (Å²) in [6.45, 7) is 4.73. The topological polar surface area (TPSA) is 101 Å². The van der Waals surface area contributed by atoms with Gasteiger partial charge in [-0.25, -0.2) is 4.98 Å². The van der Waals surface area contributed by atoms with Crippen LogP contribution < -0.4 is 5.32 Å². The molecule has 0 unspecified atom stereocenters. The molecular formula is C17H21N7O2. The van der Waals surface area contributed by atoms with Crippen LogP contribution in [0.3, 0.4) is 0 Å². The molecule has 136 valence electrons. The molecule has 0 aliphatic carbocycles. The van der Waals surface area contributed by atoms with Crippen LogP contribution in [0.25, 0.3) is 22.6 Å². The lowest BCUT2D eigenvalue weighted by Gasteiger charge is -2.26. The third kappa shape index (κ3) is 3.44. The van der Waals surface area contributed by atoms with E-state index in [1.807, 2.05) is 13.1 Å². The summed E-state index contributed by atoms with van der Waals surface area (Å²) in [6, 6.07) is 3.67. The average molecular weight is 355 g/mol. The summed E-state index contributed by atoms with van der Waals surface area (Å²) in [7, 11) is 1.81. The van der Waals surface area contributed by atoms with Crippen LogP contribution in [-0.2, 0) is 11.8 Å². The molecule has 1 fully saturated rings. The van der Waals surface area contributed by atoms with Crippen LogP contribution >= 0.6 is 0 Å². The summed E-state index contributed by atoms with van der Waals surface area (Å²) in [4.78, 5) is 26.4. The van der Waals surface area contributed by atoms with E-state index in [0.717, 1.165) is 49.8 Å². The highest BCUT2D eigenvalue weighted by Gasteiger charge is 2.16. The first-order valence-electron chi connectivity index (χ1n) is 8.63. The van der Waals surface area contributed by atoms with Gasteiger partial charge < -0.3 is 15.0 Å². The second-order valence-electron chi connectivity index (χ2n) is 6.22. The molecule has 0 aromatic carbocycles. The van der Waals surface area contributed by atoms with Gasteiger partial charge in [-0.05, 0) is 12.1 Å². The van der Waals surface area contributed by atoms with Gasteiger partial charge in [0, 0.05) is 45.6 Å². The number of nitrogens with one attached hydrogen (secondary N) is 2. The Labute approximate surface area is 150 Å². The first-order valence-corrected chi connectivity index (χ1v) is 8.63. The van der Waals surface area contributed by atoms with Crippen LogP contribution in [0.15, 0.2) is 24.5 Å². The fourth-order valence-electron chi connectivity index (χ4n) is 3.06. The first kappa shape index (κ1) is 16.7. The van der Waals surface area contributed by atoms with Gasteiger partial charge in [0.2, 0.25) is 0 Å². The van der Waals surface area contributed by atoms with Gasteiger partial charge in [-0.3, -0.25) is 19.4 Å². The van der Waals surface area contributed by atoms with E-state index in [0.29, 0.717) is 17.9 Å². The number of hydrogen-bond acceptors (Lipinski definition) is 6. The van der Waals surface area contributed by atoms with E-state index in [1.54, 1.807) is 23.1 Å². The van der Waals surface area contributed by atoms with E-state index in [2.05, 4.69) is 30.3 Å². The predicted octanol–water partition coefficient (Wildman–Crippen LogP) is 0.420. The van der Waals surface area contributed by atoms with Gasteiger partial charge in [-0.15, -0.1) is 0 Å². The van der Waals surface area contributed by atoms with Gasteiger partial charge in [-0.1, -0.05) is 0 Å². The lowest BCUT2D eigenvalue weighted by Crippen LogP contribution is -2.41. The number of rotatable bonds is 5. The van der Waals surface area contributed by atoms with Crippen molar-refractivity contribution in [3.63, 3.8) is 0 Å². The number of carbonyl (C=O) groups excluding carboxylic acids is 1. The maximum atomic E-state index is 12.4. The number of carbonyl (C=O) groups is 1. The number of H-pyrrole nitrogens is 1. The monoisotopic (exact) mass is 355 g/mol. The minimum atomic E-state index is -0.174. The molecule has 9 nitrogen and oxygen atoms in total. The van der Waals surface area contributed by atoms with E-state index in [1.165, 1.54) is 0 Å². The maximum Gasteiger partial charge on any atom is 0.271 e. The molecule has 0 spiro atoms. The minimum absolute atomic E-state index is 0.174. The van der Waals surface area contributed by atoms with Crippen molar-refractivity contribution in [3.8, 4) is 11.4 Å². The minimum Gasteiger partial charge on any atom is -0.379 e. The standard InChI is InChI=1S/C17H21N7O2/c1-23-15(12-10-13-16(21-12)19-3-2-18-13)11-14(22-23)17(25)20-4-5-24-6-8-26-9-7-24/h2-3,10-11H,4-9H2,1H3,(H,19,21)(H,20,25). The van der Waals surface area contributed by atoms with Crippen molar-refractivity contribution in [2.75, 3.05) is 39.4 Å². The van der Waals surface area contributed by atoms with Crippen LogP contribution in [0.4, 0.5) is 0 Å². The summed E-state index contributed by atoms with van der Waals surface area (Å²) in [5, 5.41) is 7.27. The molecule has 4 rings (SSSR count). The van der Waals surface area contributed by atoms with Crippen molar-refractivity contribution in [1.29, 1.82) is 0 Å². The largest absolute Gasteiger partial charge is 0.379 e. The number of aromatic amines is 1. The SMILES string of the molecule is Cn1nc(C(=O)NCCN2CCOCC2)cc1-c1cc2nccnc2[nH]1. The Morgan fingerprint density at radius 2 is 2.08 bits per heavy atom. The molecule has 1 saturated heterocycles. The Bertz CT molecular complexity index is 878. The second-order valence-corrected chi connectivity index (χ2v) is 6.22. The fourth-order valence-corrected chi connectivity index (χ4v) is 3.06. The molecule has 2 N–H and O–H groups in total. The van der Waals surface area contributed by atoms with Crippen LogP contribution in [0.2, 0.25) is 0 Å². The van der Waals surface area contributed by atoms with Crippen molar-refractivity contribution in [3.05, 3.63) is 30.2 Å². The number of ether oxygens (including phenoxy) is 1. The predicted molar refractivity (Wildman–Crippen MR) is 95.7 cm³/mol. The van der Waals surface area contributed by atoms with E-state index in [9.17, 15) is 4.79 Å². The lowest BCUT2D eigenvalue weighted by atomic mass is 10.2. The van der Waals surface area contributed by atoms with Gasteiger partial charge in [0.15, 0.2) is 11.3 Å². The quantitative estimate of drug-likeness (QED) is 0.688. The third-order valence-corrected chi connectivity index (χ3v) is 4.47. The summed E-state index contributed by atoms with van der Waals surface area (Å²) < 4.78 is 7.00. The van der Waals surface area contributed by atoms with Crippen LogP contribution in [0.5, 0.6) is 0 Å². The number of morpholine rings is 1. The highest BCUT2D eigenvalue weighted by molar-refractivity contribution is 5.93. The van der Waals surface area contributed by atoms with Gasteiger partial charge in [-0.2, -0.15) is 5.10 Å². The number of amides is 1. The van der Waals surface area contributed by atoms with Crippen molar-refractivity contribution in [2.45, 2.75) is 0 Å². The normalized spacial score (nSPS) is 15.4. The van der Waals surface area contributed by atoms with Crippen LogP contribution in [-0.4, -0.2) is 74.9 Å². The molecule has 26 heavy (non-hydrogen) atoms. The molecule has 3 aromatic heterocycles. The Morgan fingerprint density at radius 3 is 2.88 bits per heavy atom. The molecule has 9 heteroatoms. The first-order chi connectivity index (χ1) is 12.7. The van der Waals surface area contributed by atoms with E-state index in [4.69, 9.17) is 4.74 Å². The Morgan fingerprint density at radius 1 is 1.27 bits per heavy atom. The smallest absolute Gasteiger partial charge is 0.271 e. The zero-order valence-corrected chi connectivity index (χ0v) is 14.6. The van der Waals surface area contributed by atoms with Gasteiger partial charge in [0.25, 0.3) is 5.91 Å². The number of fused-ring (bicyclic) bond motifs is 1. The number of hydrogen-bond donors (Lipinski definition) is 2. The number of aryl methyl sites for hydroxylation is 1. The lowest BCUT2D eigenvalue weighted by molar-refractivity contribution is 0.0383. The highest BCUT2D eigenvalue weighted by atomic mass is 16.5. The zero-order valence-electron chi connectivity index (χ0n) is 14.6. The molecule has 0 radical (unpaired) electrons. The molecule has 1 amide bonds. The number of nitrogens with zero attached hydrogens (tertiary/aromatic N) is 5. The van der Waals surface area contributed by atoms with Crippen molar-refractivity contribution >= 4 is 17.1 Å². The van der Waals surface area contributed by atoms with Crippen molar-refractivity contribution in [2.24, 2.45) is 7.05 Å². The Hall–Kier alpha value is -2.78. The summed E-state index contributed by atoms with van der Waals surface area (Å²) in [5.41, 5.74) is 3.51. The zero-order chi connectivity index (χ0) is 17.9. The van der Waals surface area contributed by atoms with Gasteiger partial charge in [0.1, 0.15) is 5.52 Å². The second kappa shape index (κ2) is 7.22. The highest BCUT2D eigenvalue weighted by Crippen LogP contribution is 2.22. The molecule has 1 aliphatic rings. The van der Waals surface area contributed by atoms with Crippen LogP contribution in [0, 0.1) is 0 Å². The molecule has 0 saturated carbocycles. The van der Waals surface area contributed by atoms with Gasteiger partial charge in [0.05, 0.1) is 24.6 Å². The Balaban J connectivity index is 1.42. The molecular weight excluding hydrogens is 334 g/mol. The van der Waals surface area contributed by atoms with E-state index < -0.39 is 0 Å². The van der Waals surface area contributed by atoms with Gasteiger partial charge >= 0.3 is 0 Å². The molecule has 0 atom stereocenters. The van der Waals surface area contributed by atoms with E-state index >= 15 is 0 Å². The third-order valence-electron chi connectivity index (χ3n) is 4.47. The van der Waals surface area contributed by atoms with Crippen molar-refractivity contribution in [1.82, 2.24) is 34.9 Å². The van der Waals surface area contributed by atoms with E-state index in [-0.39, 0.29) is 5.91 Å². The molecule has 1 aliphatic heterocycles. The molecule has 4 heterocycles. The fraction of sp³-hybridized carbons (Fsp3) is 0.412. The number of aromatic nitrogens is 5. The summed E-state index contributed by atoms with van der Waals surface area (Å²) in [5.74, 6) is -0.174. The summed E-state index contributed by atoms with van der Waals surface area (Å²) in [6.07, 6.45) is 3.29. The van der Waals surface area contributed by atoms with Crippen molar-refractivity contribution < 1.29 is 9.53 Å². The Kier molecular flexibility index (Phi) is 4.63. The maximum absolute atomic E-state index is 12.4. The molecule has 0 bridgehead atoms. The summed E-state index contributed by atoms with van der Waals surface area (Å²) >= 11 is 0.